The molecular formula is C49H56FN7O7S. The number of rotatable bonds is 11. The van der Waals surface area contributed by atoms with Crippen molar-refractivity contribution in [2.45, 2.75) is 107 Å². The van der Waals surface area contributed by atoms with Gasteiger partial charge in [-0.1, -0.05) is 63.8 Å². The fourth-order valence-electron chi connectivity index (χ4n) is 11.4. The Labute approximate surface area is 378 Å². The molecule has 65 heavy (non-hydrogen) atoms. The lowest BCUT2D eigenvalue weighted by Gasteiger charge is -2.57. The molecule has 5 aliphatic rings. The summed E-state index contributed by atoms with van der Waals surface area (Å²) in [6.45, 7) is 8.44. The van der Waals surface area contributed by atoms with E-state index in [9.17, 15) is 23.3 Å². The molecule has 1 amide bonds. The van der Waals surface area contributed by atoms with Crippen LogP contribution in [0, 0.1) is 27.4 Å². The van der Waals surface area contributed by atoms with Crippen LogP contribution in [0.2, 0.25) is 0 Å². The Morgan fingerprint density at radius 2 is 1.77 bits per heavy atom. The van der Waals surface area contributed by atoms with Crippen molar-refractivity contribution in [2.75, 3.05) is 43.0 Å². The van der Waals surface area contributed by atoms with Gasteiger partial charge in [0.2, 0.25) is 0 Å². The van der Waals surface area contributed by atoms with Gasteiger partial charge >= 0.3 is 0 Å². The Hall–Kier alpha value is -5.74. The van der Waals surface area contributed by atoms with Gasteiger partial charge in [-0.3, -0.25) is 19.8 Å². The zero-order chi connectivity index (χ0) is 45.0. The number of H-pyrrole nitrogens is 1. The van der Waals surface area contributed by atoms with Crippen LogP contribution in [0.25, 0.3) is 11.0 Å². The summed E-state index contributed by atoms with van der Waals surface area (Å²) in [6, 6.07) is 19.5. The van der Waals surface area contributed by atoms with E-state index < -0.39 is 37.4 Å². The number of ether oxygens (including phenoxy) is 2. The molecule has 2 saturated carbocycles. The number of nitrogens with zero attached hydrogens (tertiary/aromatic N) is 4. The maximum Gasteiger partial charge on any atom is 0.297 e. The van der Waals surface area contributed by atoms with Gasteiger partial charge in [0.25, 0.3) is 27.6 Å². The summed E-state index contributed by atoms with van der Waals surface area (Å²) in [7, 11) is -4.70. The van der Waals surface area contributed by atoms with Gasteiger partial charge in [-0.05, 0) is 97.1 Å². The van der Waals surface area contributed by atoms with Gasteiger partial charge < -0.3 is 24.7 Å². The van der Waals surface area contributed by atoms with Gasteiger partial charge in [-0.25, -0.2) is 13.1 Å². The highest BCUT2D eigenvalue weighted by Crippen LogP contribution is 2.49. The molecule has 5 heterocycles. The highest BCUT2D eigenvalue weighted by atomic mass is 32.2. The van der Waals surface area contributed by atoms with Crippen LogP contribution in [0.4, 0.5) is 21.5 Å². The number of carbonyl (C=O) groups excluding carboxylic acids is 1. The molecule has 10 rings (SSSR count). The van der Waals surface area contributed by atoms with Crippen LogP contribution in [0.1, 0.15) is 111 Å². The van der Waals surface area contributed by atoms with E-state index in [0.29, 0.717) is 28.9 Å². The Morgan fingerprint density at radius 3 is 2.54 bits per heavy atom. The second kappa shape index (κ2) is 17.2. The first-order valence-corrected chi connectivity index (χ1v) is 24.7. The normalized spacial score (nSPS) is 22.3. The van der Waals surface area contributed by atoms with Gasteiger partial charge in [0, 0.05) is 67.7 Å². The van der Waals surface area contributed by atoms with Crippen LogP contribution in [0.3, 0.4) is 0 Å². The number of fused-ring (bicyclic) bond motifs is 2. The molecule has 0 unspecified atom stereocenters. The SMILES string of the molecule is CC(C)c1ccccc1[C@@H]1CCC[C@@H]1N1CC2(CCN(c3ccc(C(=O)NS(=O)(=O)c4cc5c(c([N+](=O)[O-])c4)N[C@@H](C4CCCCC4)CO5)c(Oc4cc5cc[nH]c5nc4F)c3)CC2)C1. The minimum atomic E-state index is -4.70. The third kappa shape index (κ3) is 8.39. The third-order valence-corrected chi connectivity index (χ3v) is 16.2. The summed E-state index contributed by atoms with van der Waals surface area (Å²) >= 11 is 0. The number of pyridine rings is 1. The van der Waals surface area contributed by atoms with Gasteiger partial charge in [0.1, 0.15) is 18.0 Å². The molecule has 0 radical (unpaired) electrons. The number of anilines is 2. The van der Waals surface area contributed by atoms with Crippen LogP contribution in [-0.2, 0) is 10.0 Å². The molecule has 3 atom stereocenters. The highest BCUT2D eigenvalue weighted by Gasteiger charge is 2.49. The summed E-state index contributed by atoms with van der Waals surface area (Å²) < 4.78 is 57.5. The molecule has 2 saturated heterocycles. The number of halogens is 1. The van der Waals surface area contributed by atoms with Crippen LogP contribution in [0.5, 0.6) is 17.2 Å². The van der Waals surface area contributed by atoms with Crippen molar-refractivity contribution in [3.63, 3.8) is 0 Å². The molecule has 4 fully saturated rings. The number of benzene rings is 3. The first-order valence-electron chi connectivity index (χ1n) is 23.2. The fourth-order valence-corrected chi connectivity index (χ4v) is 12.4. The number of nitro benzene ring substituents is 1. The number of carbonyl (C=O) groups is 1. The second-order valence-corrected chi connectivity index (χ2v) is 20.9. The van der Waals surface area contributed by atoms with Crippen molar-refractivity contribution in [2.24, 2.45) is 11.3 Å². The number of nitro groups is 1. The smallest absolute Gasteiger partial charge is 0.297 e. The number of aromatic amines is 1. The summed E-state index contributed by atoms with van der Waals surface area (Å²) in [4.78, 5) is 37.0. The summed E-state index contributed by atoms with van der Waals surface area (Å²) in [6.07, 6.45) is 12.5. The van der Waals surface area contributed by atoms with Crippen LogP contribution in [-0.4, -0.2) is 79.0 Å². The lowest BCUT2D eigenvalue weighted by Crippen LogP contribution is -2.63. The number of sulfonamides is 1. The van der Waals surface area contributed by atoms with E-state index in [1.807, 2.05) is 0 Å². The highest BCUT2D eigenvalue weighted by molar-refractivity contribution is 7.90. The van der Waals surface area contributed by atoms with Crippen molar-refractivity contribution in [1.29, 1.82) is 0 Å². The number of amides is 1. The summed E-state index contributed by atoms with van der Waals surface area (Å²) in [5.41, 5.74) is 3.71. The minimum Gasteiger partial charge on any atom is -0.489 e. The molecular weight excluding hydrogens is 850 g/mol. The van der Waals surface area contributed by atoms with Crippen LogP contribution in [0.15, 0.2) is 77.8 Å². The molecule has 0 bridgehead atoms. The van der Waals surface area contributed by atoms with E-state index in [4.69, 9.17) is 9.47 Å². The number of likely N-dealkylation sites (tertiary alicyclic amines) is 1. The Kier molecular flexibility index (Phi) is 11.4. The van der Waals surface area contributed by atoms with Gasteiger partial charge in [0.15, 0.2) is 17.2 Å². The van der Waals surface area contributed by atoms with E-state index in [1.165, 1.54) is 48.6 Å². The number of piperidine rings is 1. The Bertz CT molecular complexity index is 2740. The number of hydrogen-bond donors (Lipinski definition) is 3. The predicted molar refractivity (Wildman–Crippen MR) is 246 cm³/mol. The average Bonchev–Trinajstić information content (AvgIpc) is 3.97. The first kappa shape index (κ1) is 43.2. The van der Waals surface area contributed by atoms with E-state index >= 15 is 4.39 Å². The van der Waals surface area contributed by atoms with Crippen molar-refractivity contribution in [3.8, 4) is 17.2 Å². The van der Waals surface area contributed by atoms with Crippen molar-refractivity contribution in [3.05, 3.63) is 106 Å². The van der Waals surface area contributed by atoms with Gasteiger partial charge in [-0.2, -0.15) is 9.37 Å². The third-order valence-electron chi connectivity index (χ3n) is 14.9. The number of hydrogen-bond acceptors (Lipinski definition) is 11. The molecule has 3 aromatic carbocycles. The monoisotopic (exact) mass is 905 g/mol. The molecule has 1 spiro atoms. The molecule has 14 nitrogen and oxygen atoms in total. The lowest BCUT2D eigenvalue weighted by molar-refractivity contribution is -0.384. The minimum absolute atomic E-state index is 0.0173. The van der Waals surface area contributed by atoms with E-state index in [2.05, 4.69) is 67.9 Å². The second-order valence-electron chi connectivity index (χ2n) is 19.2. The van der Waals surface area contributed by atoms with Crippen LogP contribution >= 0.6 is 0 Å². The molecule has 342 valence electrons. The topological polar surface area (TPSA) is 172 Å². The maximum absolute atomic E-state index is 15.4. The average molecular weight is 906 g/mol. The van der Waals surface area contributed by atoms with E-state index in [1.54, 1.807) is 24.4 Å². The van der Waals surface area contributed by atoms with Crippen LogP contribution < -0.4 is 24.4 Å². The molecule has 2 aliphatic carbocycles. The fraction of sp³-hybridized carbons (Fsp3) is 0.469. The first-order chi connectivity index (χ1) is 31.3. The Balaban J connectivity index is 0.872. The molecule has 3 N–H and O–H groups in total. The van der Waals surface area contributed by atoms with E-state index in [0.717, 1.165) is 82.9 Å². The summed E-state index contributed by atoms with van der Waals surface area (Å²) in [5.74, 6) is -0.972. The number of nitrogens with one attached hydrogen (secondary N) is 3. The quantitative estimate of drug-likeness (QED) is 0.0655. The van der Waals surface area contributed by atoms with Crippen molar-refractivity contribution >= 4 is 44.0 Å². The van der Waals surface area contributed by atoms with Gasteiger partial charge in [0.05, 0.1) is 21.4 Å². The van der Waals surface area contributed by atoms with Gasteiger partial charge in [-0.15, -0.1) is 0 Å². The predicted octanol–water partition coefficient (Wildman–Crippen LogP) is 9.64. The zero-order valence-corrected chi connectivity index (χ0v) is 37.7. The molecule has 5 aromatic rings. The molecule has 3 aliphatic heterocycles. The standard InChI is InChI=1S/C49H56FN7O7S/c1-30(2)35-11-6-7-12-36(35)37-13-8-14-40(37)56-28-49(29-56)18-21-55(22-19-49)33-15-16-38(42(24-33)64-44-23-32-17-20-51-47(32)53-46(44)50)48(58)54-65(61,62)34-25-41(57(59)60)45-43(26-34)63-27-39(52-45)31-9-4-3-5-10-31/h6-7,11-12,15-17,20,23-26,30-31,37,39-40,52H,3-5,8-10,13-14,18-19,21-22,27-29H2,1-2H3,(H,51,53)(H,54,58)/t37-,39+,40-/m0/s1. The lowest BCUT2D eigenvalue weighted by atomic mass is 9.70. The number of aromatic nitrogens is 2. The molecule has 16 heteroatoms. The van der Waals surface area contributed by atoms with Crippen molar-refractivity contribution < 1.29 is 32.0 Å². The maximum atomic E-state index is 15.4. The summed E-state index contributed by atoms with van der Waals surface area (Å²) in [5, 5.41) is 16.2. The van der Waals surface area contributed by atoms with E-state index in [-0.39, 0.29) is 52.5 Å². The zero-order valence-electron chi connectivity index (χ0n) is 36.9. The van der Waals surface area contributed by atoms with Crippen molar-refractivity contribution in [1.82, 2.24) is 19.6 Å². The molecule has 2 aromatic heterocycles. The largest absolute Gasteiger partial charge is 0.489 e. The Morgan fingerprint density at radius 1 is 0.985 bits per heavy atom.